The van der Waals surface area contributed by atoms with E-state index in [0.29, 0.717) is 5.69 Å². The van der Waals surface area contributed by atoms with Crippen molar-refractivity contribution >= 4 is 28.9 Å². The zero-order valence-electron chi connectivity index (χ0n) is 12.4. The minimum absolute atomic E-state index is 0.0546. The van der Waals surface area contributed by atoms with E-state index in [1.54, 1.807) is 0 Å². The quantitative estimate of drug-likeness (QED) is 0.588. The van der Waals surface area contributed by atoms with Crippen LogP contribution in [0.3, 0.4) is 0 Å². The molecule has 0 saturated heterocycles. The van der Waals surface area contributed by atoms with Crippen LogP contribution in [-0.2, 0) is 4.79 Å². The summed E-state index contributed by atoms with van der Waals surface area (Å²) in [5, 5.41) is 13.5. The number of nitrogens with one attached hydrogen (secondary N) is 1. The third-order valence-electron chi connectivity index (χ3n) is 2.84. The first-order valence-electron chi connectivity index (χ1n) is 6.76. The first-order valence-corrected chi connectivity index (χ1v) is 7.14. The fraction of sp³-hybridized carbons (Fsp3) is 0.133. The van der Waals surface area contributed by atoms with Gasteiger partial charge in [-0.05, 0) is 36.4 Å². The highest BCUT2D eigenvalue weighted by Crippen LogP contribution is 2.29. The Hall–Kier alpha value is -2.94. The summed E-state index contributed by atoms with van der Waals surface area (Å²) in [6, 6.07) is 9.02. The fourth-order valence-corrected chi connectivity index (χ4v) is 1.98. The van der Waals surface area contributed by atoms with Crippen LogP contribution in [0.15, 0.2) is 42.5 Å². The van der Waals surface area contributed by atoms with Gasteiger partial charge in [-0.25, -0.2) is 0 Å². The number of anilines is 1. The normalized spacial score (nSPS) is 10.4. The summed E-state index contributed by atoms with van der Waals surface area (Å²) in [5.41, 5.74) is -0.0466. The Labute approximate surface area is 145 Å². The number of nitro benzene ring substituents is 1. The predicted molar refractivity (Wildman–Crippen MR) is 85.3 cm³/mol. The van der Waals surface area contributed by atoms with Crippen molar-refractivity contribution in [1.82, 2.24) is 0 Å². The Kier molecular flexibility index (Phi) is 6.07. The molecule has 0 atom stereocenters. The molecule has 10 heteroatoms. The third kappa shape index (κ3) is 5.57. The summed E-state index contributed by atoms with van der Waals surface area (Å²) in [4.78, 5) is 22.1. The number of rotatable bonds is 7. The lowest BCUT2D eigenvalue weighted by Crippen LogP contribution is -2.20. The van der Waals surface area contributed by atoms with Crippen LogP contribution in [-0.4, -0.2) is 24.0 Å². The highest BCUT2D eigenvalue weighted by molar-refractivity contribution is 6.30. The zero-order valence-corrected chi connectivity index (χ0v) is 13.2. The summed E-state index contributed by atoms with van der Waals surface area (Å²) in [7, 11) is 0. The molecular formula is C15H11ClF2N2O5. The Morgan fingerprint density at radius 1 is 1.24 bits per heavy atom. The molecule has 132 valence electrons. The summed E-state index contributed by atoms with van der Waals surface area (Å²) < 4.78 is 33.4. The molecule has 2 aromatic rings. The Bertz CT molecular complexity index is 771. The fourth-order valence-electron chi connectivity index (χ4n) is 1.82. The number of halogens is 3. The van der Waals surface area contributed by atoms with Crippen molar-refractivity contribution in [3.8, 4) is 11.5 Å². The number of alkyl halides is 2. The molecule has 0 heterocycles. The van der Waals surface area contributed by atoms with Crippen molar-refractivity contribution in [1.29, 1.82) is 0 Å². The maximum absolute atomic E-state index is 12.0. The number of nitrogens with zero attached hydrogens (tertiary/aromatic N) is 1. The lowest BCUT2D eigenvalue weighted by Gasteiger charge is -2.09. The van der Waals surface area contributed by atoms with Gasteiger partial charge in [0.15, 0.2) is 12.4 Å². The molecule has 0 bridgehead atoms. The summed E-state index contributed by atoms with van der Waals surface area (Å²) in [5.74, 6) is -0.752. The van der Waals surface area contributed by atoms with Gasteiger partial charge in [0.2, 0.25) is 0 Å². The molecule has 2 aromatic carbocycles. The van der Waals surface area contributed by atoms with Gasteiger partial charge in [0, 0.05) is 16.8 Å². The Morgan fingerprint density at radius 2 is 1.92 bits per heavy atom. The van der Waals surface area contributed by atoms with Crippen LogP contribution >= 0.6 is 11.6 Å². The topological polar surface area (TPSA) is 90.7 Å². The van der Waals surface area contributed by atoms with E-state index in [2.05, 4.69) is 10.1 Å². The molecule has 0 saturated carbocycles. The third-order valence-corrected chi connectivity index (χ3v) is 3.07. The van der Waals surface area contributed by atoms with E-state index in [0.717, 1.165) is 6.07 Å². The first kappa shape index (κ1) is 18.4. The minimum Gasteiger partial charge on any atom is -0.477 e. The molecule has 0 aliphatic carbocycles. The van der Waals surface area contributed by atoms with E-state index < -0.39 is 24.0 Å². The Balaban J connectivity index is 1.94. The second-order valence-electron chi connectivity index (χ2n) is 4.61. The van der Waals surface area contributed by atoms with Crippen molar-refractivity contribution in [2.24, 2.45) is 0 Å². The van der Waals surface area contributed by atoms with Crippen LogP contribution < -0.4 is 14.8 Å². The summed E-state index contributed by atoms with van der Waals surface area (Å²) >= 11 is 5.68. The minimum atomic E-state index is -2.94. The van der Waals surface area contributed by atoms with Gasteiger partial charge in [-0.15, -0.1) is 0 Å². The number of ether oxygens (including phenoxy) is 2. The molecule has 1 amide bonds. The second-order valence-corrected chi connectivity index (χ2v) is 5.05. The molecule has 0 aromatic heterocycles. The number of carbonyl (C=O) groups excluding carboxylic acids is 1. The van der Waals surface area contributed by atoms with E-state index >= 15 is 0 Å². The highest BCUT2D eigenvalue weighted by Gasteiger charge is 2.17. The number of hydrogen-bond donors (Lipinski definition) is 1. The van der Waals surface area contributed by atoms with Crippen LogP contribution in [0.5, 0.6) is 11.5 Å². The molecular weight excluding hydrogens is 362 g/mol. The molecule has 0 fully saturated rings. The van der Waals surface area contributed by atoms with Crippen molar-refractivity contribution in [2.75, 3.05) is 11.9 Å². The van der Waals surface area contributed by atoms with Gasteiger partial charge in [0.25, 0.3) is 5.91 Å². The number of benzene rings is 2. The smallest absolute Gasteiger partial charge is 0.387 e. The van der Waals surface area contributed by atoms with Crippen molar-refractivity contribution in [2.45, 2.75) is 6.61 Å². The van der Waals surface area contributed by atoms with Gasteiger partial charge in [0.05, 0.1) is 4.92 Å². The van der Waals surface area contributed by atoms with Gasteiger partial charge in [-0.2, -0.15) is 8.78 Å². The predicted octanol–water partition coefficient (Wildman–Crippen LogP) is 3.87. The molecule has 7 nitrogen and oxygen atoms in total. The zero-order chi connectivity index (χ0) is 18.4. The van der Waals surface area contributed by atoms with E-state index in [9.17, 15) is 23.7 Å². The average Bonchev–Trinajstić information content (AvgIpc) is 2.55. The molecule has 1 N–H and O–H groups in total. The molecule has 2 rings (SSSR count). The second kappa shape index (κ2) is 8.25. The lowest BCUT2D eigenvalue weighted by molar-refractivity contribution is -0.385. The van der Waals surface area contributed by atoms with Crippen LogP contribution in [0.4, 0.5) is 20.2 Å². The van der Waals surface area contributed by atoms with Crippen LogP contribution in [0.2, 0.25) is 5.02 Å². The van der Waals surface area contributed by atoms with E-state index in [4.69, 9.17) is 16.3 Å². The van der Waals surface area contributed by atoms with Crippen LogP contribution in [0, 0.1) is 10.1 Å². The summed E-state index contributed by atoms with van der Waals surface area (Å²) in [6.45, 7) is -3.43. The highest BCUT2D eigenvalue weighted by atomic mass is 35.5. The molecule has 0 radical (unpaired) electrons. The van der Waals surface area contributed by atoms with Crippen LogP contribution in [0.1, 0.15) is 0 Å². The Morgan fingerprint density at radius 3 is 2.52 bits per heavy atom. The first-order chi connectivity index (χ1) is 11.8. The number of amides is 1. The van der Waals surface area contributed by atoms with Gasteiger partial charge >= 0.3 is 12.3 Å². The maximum atomic E-state index is 12.0. The molecule has 0 aliphatic heterocycles. The van der Waals surface area contributed by atoms with Crippen molar-refractivity contribution < 1.29 is 28.0 Å². The van der Waals surface area contributed by atoms with Gasteiger partial charge < -0.3 is 14.8 Å². The number of nitro groups is 1. The summed E-state index contributed by atoms with van der Waals surface area (Å²) in [6.07, 6.45) is 0. The average molecular weight is 373 g/mol. The van der Waals surface area contributed by atoms with Crippen molar-refractivity contribution in [3.63, 3.8) is 0 Å². The van der Waals surface area contributed by atoms with E-state index in [1.807, 2.05) is 0 Å². The monoisotopic (exact) mass is 372 g/mol. The van der Waals surface area contributed by atoms with E-state index in [-0.39, 0.29) is 22.2 Å². The maximum Gasteiger partial charge on any atom is 0.387 e. The molecule has 0 unspecified atom stereocenters. The molecule has 25 heavy (non-hydrogen) atoms. The van der Waals surface area contributed by atoms with Crippen molar-refractivity contribution in [3.05, 3.63) is 57.6 Å². The van der Waals surface area contributed by atoms with Gasteiger partial charge in [-0.1, -0.05) is 11.6 Å². The molecule has 0 spiro atoms. The van der Waals surface area contributed by atoms with Crippen LogP contribution in [0.25, 0.3) is 0 Å². The largest absolute Gasteiger partial charge is 0.477 e. The molecule has 0 aliphatic rings. The van der Waals surface area contributed by atoms with Gasteiger partial charge in [0.1, 0.15) is 5.75 Å². The number of hydrogen-bond acceptors (Lipinski definition) is 5. The van der Waals surface area contributed by atoms with E-state index in [1.165, 1.54) is 36.4 Å². The van der Waals surface area contributed by atoms with Gasteiger partial charge in [-0.3, -0.25) is 14.9 Å². The lowest BCUT2D eigenvalue weighted by atomic mass is 10.3. The standard InChI is InChI=1S/C15H11ClF2N2O5/c16-9-1-6-13(12(7-9)20(22)23)24-8-14(21)19-10-2-4-11(5-3-10)25-15(17)18/h1-7,15H,8H2,(H,19,21). The number of carbonyl (C=O) groups is 1. The SMILES string of the molecule is O=C(COc1ccc(Cl)cc1[N+](=O)[O-])Nc1ccc(OC(F)F)cc1.